The Morgan fingerprint density at radius 1 is 1.54 bits per heavy atom. The molecule has 0 spiro atoms. The number of ketones is 1. The lowest BCUT2D eigenvalue weighted by atomic mass is 10.2. The minimum absolute atomic E-state index is 0.0486. The highest BCUT2D eigenvalue weighted by Gasteiger charge is 2.03. The maximum absolute atomic E-state index is 11.3. The van der Waals surface area contributed by atoms with Crippen LogP contribution in [0.25, 0.3) is 0 Å². The first-order valence-corrected chi connectivity index (χ1v) is 4.54. The predicted molar refractivity (Wildman–Crippen MR) is 50.0 cm³/mol. The smallest absolute Gasteiger partial charge is 0.327 e. The van der Waals surface area contributed by atoms with Crippen LogP contribution in [0.4, 0.5) is 0 Å². The maximum atomic E-state index is 11.3. The van der Waals surface area contributed by atoms with Gasteiger partial charge in [0.15, 0.2) is 5.78 Å². The molecular formula is C9H8O3S. The Bertz CT molecular complexity index is 325. The Kier molecular flexibility index (Phi) is 3.40. The van der Waals surface area contributed by atoms with Crippen molar-refractivity contribution < 1.29 is 14.7 Å². The van der Waals surface area contributed by atoms with Gasteiger partial charge < -0.3 is 5.11 Å². The summed E-state index contributed by atoms with van der Waals surface area (Å²) in [6.07, 6.45) is 2.47. The molecule has 0 unspecified atom stereocenters. The third kappa shape index (κ3) is 3.21. The van der Waals surface area contributed by atoms with Crippen molar-refractivity contribution in [1.82, 2.24) is 0 Å². The zero-order chi connectivity index (χ0) is 9.68. The summed E-state index contributed by atoms with van der Waals surface area (Å²) in [6, 6.07) is 3.51. The molecule has 0 aromatic carbocycles. The lowest BCUT2D eigenvalue weighted by Crippen LogP contribution is -1.94. The fourth-order valence-electron chi connectivity index (χ4n) is 0.805. The fourth-order valence-corrected chi connectivity index (χ4v) is 1.48. The van der Waals surface area contributed by atoms with Crippen LogP contribution in [0.1, 0.15) is 16.1 Å². The highest BCUT2D eigenvalue weighted by Crippen LogP contribution is 2.11. The molecule has 1 aromatic heterocycles. The number of carbonyl (C=O) groups is 2. The molecule has 0 aliphatic rings. The maximum Gasteiger partial charge on any atom is 0.327 e. The number of aliphatic carboxylic acids is 1. The van der Waals surface area contributed by atoms with Crippen LogP contribution in [0, 0.1) is 0 Å². The highest BCUT2D eigenvalue weighted by atomic mass is 32.1. The molecule has 1 aromatic rings. The van der Waals surface area contributed by atoms with E-state index >= 15 is 0 Å². The number of allylic oxidation sites excluding steroid dienone is 1. The molecule has 0 amide bonds. The van der Waals surface area contributed by atoms with Crippen molar-refractivity contribution in [3.8, 4) is 0 Å². The number of thiophene rings is 1. The normalized spacial score (nSPS) is 10.5. The van der Waals surface area contributed by atoms with Crippen LogP contribution in [0.2, 0.25) is 0 Å². The molecule has 13 heavy (non-hydrogen) atoms. The summed E-state index contributed by atoms with van der Waals surface area (Å²) in [5.41, 5.74) is 0. The quantitative estimate of drug-likeness (QED) is 0.591. The van der Waals surface area contributed by atoms with E-state index in [-0.39, 0.29) is 12.2 Å². The molecule has 3 nitrogen and oxygen atoms in total. The average Bonchev–Trinajstić information content (AvgIpc) is 2.55. The largest absolute Gasteiger partial charge is 0.478 e. The van der Waals surface area contributed by atoms with E-state index in [1.807, 2.05) is 5.38 Å². The highest BCUT2D eigenvalue weighted by molar-refractivity contribution is 7.12. The second kappa shape index (κ2) is 4.57. The number of carbonyl (C=O) groups excluding carboxylic acids is 1. The summed E-state index contributed by atoms with van der Waals surface area (Å²) in [5, 5.41) is 10.1. The summed E-state index contributed by atoms with van der Waals surface area (Å²) < 4.78 is 0. The Morgan fingerprint density at radius 2 is 2.31 bits per heavy atom. The van der Waals surface area contributed by atoms with E-state index in [1.165, 1.54) is 17.4 Å². The SMILES string of the molecule is O=C(O)/C=C/CC(=O)c1cccs1. The molecule has 1 N–H and O–H groups in total. The first kappa shape index (κ1) is 9.67. The van der Waals surface area contributed by atoms with E-state index < -0.39 is 5.97 Å². The van der Waals surface area contributed by atoms with Crippen LogP contribution in [0.5, 0.6) is 0 Å². The number of hydrogen-bond acceptors (Lipinski definition) is 3. The van der Waals surface area contributed by atoms with Crippen molar-refractivity contribution in [2.45, 2.75) is 6.42 Å². The molecule has 0 atom stereocenters. The van der Waals surface area contributed by atoms with Gasteiger partial charge >= 0.3 is 5.97 Å². The minimum Gasteiger partial charge on any atom is -0.478 e. The predicted octanol–water partition coefficient (Wildman–Crippen LogP) is 1.96. The van der Waals surface area contributed by atoms with E-state index in [9.17, 15) is 9.59 Å². The zero-order valence-electron chi connectivity index (χ0n) is 6.77. The summed E-state index contributed by atoms with van der Waals surface area (Å²) in [7, 11) is 0. The van der Waals surface area contributed by atoms with Crippen molar-refractivity contribution in [2.24, 2.45) is 0 Å². The van der Waals surface area contributed by atoms with Crippen molar-refractivity contribution in [2.75, 3.05) is 0 Å². The molecule has 0 fully saturated rings. The zero-order valence-corrected chi connectivity index (χ0v) is 7.58. The van der Waals surface area contributed by atoms with Gasteiger partial charge in [0.1, 0.15) is 0 Å². The number of Topliss-reactive ketones (excluding diaryl/α,β-unsaturated/α-hetero) is 1. The van der Waals surface area contributed by atoms with Crippen molar-refractivity contribution in [1.29, 1.82) is 0 Å². The molecule has 0 bridgehead atoms. The van der Waals surface area contributed by atoms with Gasteiger partial charge in [0.05, 0.1) is 4.88 Å². The van der Waals surface area contributed by atoms with Gasteiger partial charge in [-0.25, -0.2) is 4.79 Å². The second-order valence-corrected chi connectivity index (χ2v) is 3.29. The summed E-state index contributed by atoms with van der Waals surface area (Å²) >= 11 is 1.36. The molecule has 1 rings (SSSR count). The van der Waals surface area contributed by atoms with Crippen LogP contribution in [-0.2, 0) is 4.79 Å². The van der Waals surface area contributed by atoms with Crippen molar-refractivity contribution >= 4 is 23.1 Å². The first-order valence-electron chi connectivity index (χ1n) is 3.66. The third-order valence-corrected chi connectivity index (χ3v) is 2.27. The Hall–Kier alpha value is -1.42. The van der Waals surface area contributed by atoms with Gasteiger partial charge in [-0.3, -0.25) is 4.79 Å². The Morgan fingerprint density at radius 3 is 2.85 bits per heavy atom. The van der Waals surface area contributed by atoms with Gasteiger partial charge in [-0.15, -0.1) is 11.3 Å². The standard InChI is InChI=1S/C9H8O3S/c10-7(3-1-5-9(11)12)8-4-2-6-13-8/h1-2,4-6H,3H2,(H,11,12)/b5-1+. The van der Waals surface area contributed by atoms with Gasteiger partial charge in [-0.05, 0) is 11.4 Å². The minimum atomic E-state index is -1.03. The van der Waals surface area contributed by atoms with Crippen LogP contribution >= 0.6 is 11.3 Å². The van der Waals surface area contributed by atoms with Gasteiger partial charge in [0.25, 0.3) is 0 Å². The van der Waals surface area contributed by atoms with Crippen LogP contribution < -0.4 is 0 Å². The van der Waals surface area contributed by atoms with Crippen molar-refractivity contribution in [3.05, 3.63) is 34.5 Å². The molecule has 0 saturated heterocycles. The number of carboxylic acids is 1. The van der Waals surface area contributed by atoms with Crippen LogP contribution in [0.15, 0.2) is 29.7 Å². The molecule has 68 valence electrons. The van der Waals surface area contributed by atoms with E-state index in [0.717, 1.165) is 6.08 Å². The van der Waals surface area contributed by atoms with E-state index in [4.69, 9.17) is 5.11 Å². The Balaban J connectivity index is 2.48. The molecule has 4 heteroatoms. The van der Waals surface area contributed by atoms with E-state index in [0.29, 0.717) is 4.88 Å². The summed E-state index contributed by atoms with van der Waals surface area (Å²) in [6.45, 7) is 0. The van der Waals surface area contributed by atoms with Gasteiger partial charge in [0, 0.05) is 12.5 Å². The summed E-state index contributed by atoms with van der Waals surface area (Å²) in [5.74, 6) is -1.08. The molecule has 0 aliphatic heterocycles. The topological polar surface area (TPSA) is 54.4 Å². The molecular weight excluding hydrogens is 188 g/mol. The monoisotopic (exact) mass is 196 g/mol. The molecule has 1 heterocycles. The number of carboxylic acid groups (broad SMARTS) is 1. The molecule has 0 radical (unpaired) electrons. The third-order valence-electron chi connectivity index (χ3n) is 1.36. The average molecular weight is 196 g/mol. The van der Waals surface area contributed by atoms with Crippen molar-refractivity contribution in [3.63, 3.8) is 0 Å². The fraction of sp³-hybridized carbons (Fsp3) is 0.111. The van der Waals surface area contributed by atoms with Gasteiger partial charge in [0.2, 0.25) is 0 Å². The Labute approximate surface area is 79.3 Å². The van der Waals surface area contributed by atoms with Gasteiger partial charge in [-0.2, -0.15) is 0 Å². The number of hydrogen-bond donors (Lipinski definition) is 1. The molecule has 0 saturated carbocycles. The van der Waals surface area contributed by atoms with E-state index in [1.54, 1.807) is 12.1 Å². The number of rotatable bonds is 4. The lowest BCUT2D eigenvalue weighted by molar-refractivity contribution is -0.131. The van der Waals surface area contributed by atoms with Crippen LogP contribution in [-0.4, -0.2) is 16.9 Å². The second-order valence-electron chi connectivity index (χ2n) is 2.35. The summed E-state index contributed by atoms with van der Waals surface area (Å²) in [4.78, 5) is 22.0. The van der Waals surface area contributed by atoms with Gasteiger partial charge in [-0.1, -0.05) is 12.1 Å². The first-order chi connectivity index (χ1) is 6.20. The van der Waals surface area contributed by atoms with Crippen LogP contribution in [0.3, 0.4) is 0 Å². The lowest BCUT2D eigenvalue weighted by Gasteiger charge is -1.89. The molecule has 0 aliphatic carbocycles. The van der Waals surface area contributed by atoms with E-state index in [2.05, 4.69) is 0 Å².